The number of hydrogen-bond donors (Lipinski definition) is 0. The summed E-state index contributed by atoms with van der Waals surface area (Å²) in [6.07, 6.45) is 3.12. The third-order valence-electron chi connectivity index (χ3n) is 3.77. The van der Waals surface area contributed by atoms with E-state index in [9.17, 15) is 0 Å². The van der Waals surface area contributed by atoms with Gasteiger partial charge in [-0.2, -0.15) is 0 Å². The van der Waals surface area contributed by atoms with E-state index in [0.717, 1.165) is 31.4 Å². The van der Waals surface area contributed by atoms with Crippen LogP contribution in [0.5, 0.6) is 11.6 Å². The van der Waals surface area contributed by atoms with E-state index in [-0.39, 0.29) is 6.29 Å². The second-order valence-electron chi connectivity index (χ2n) is 5.75. The summed E-state index contributed by atoms with van der Waals surface area (Å²) in [6.45, 7) is 2.17. The maximum absolute atomic E-state index is 5.81. The van der Waals surface area contributed by atoms with Crippen molar-refractivity contribution in [1.82, 2.24) is 4.98 Å². The molecule has 25 heavy (non-hydrogen) atoms. The first kappa shape index (κ1) is 18.2. The molecular formula is C19H22BrNO4. The zero-order chi connectivity index (χ0) is 17.3. The zero-order valence-corrected chi connectivity index (χ0v) is 15.6. The Morgan fingerprint density at radius 1 is 1.08 bits per heavy atom. The van der Waals surface area contributed by atoms with Gasteiger partial charge in [0, 0.05) is 18.7 Å². The van der Waals surface area contributed by atoms with Crippen LogP contribution < -0.4 is 9.47 Å². The Kier molecular flexibility index (Phi) is 7.09. The van der Waals surface area contributed by atoms with Gasteiger partial charge in [0.2, 0.25) is 5.88 Å². The molecule has 0 unspecified atom stereocenters. The molecular weight excluding hydrogens is 386 g/mol. The molecule has 1 aromatic heterocycles. The lowest BCUT2D eigenvalue weighted by Gasteiger charge is -2.22. The summed E-state index contributed by atoms with van der Waals surface area (Å²) in [6, 6.07) is 13.6. The molecule has 1 aliphatic rings. The molecule has 2 aromatic rings. The molecule has 134 valence electrons. The van der Waals surface area contributed by atoms with E-state index >= 15 is 0 Å². The van der Waals surface area contributed by atoms with Crippen LogP contribution in [0.25, 0.3) is 0 Å². The summed E-state index contributed by atoms with van der Waals surface area (Å²) in [4.78, 5) is 4.30. The largest absolute Gasteiger partial charge is 0.489 e. The molecule has 5 nitrogen and oxygen atoms in total. The van der Waals surface area contributed by atoms with Gasteiger partial charge in [0.25, 0.3) is 0 Å². The molecule has 0 N–H and O–H groups in total. The summed E-state index contributed by atoms with van der Waals surface area (Å²) in [5.41, 5.74) is 1.11. The van der Waals surface area contributed by atoms with E-state index in [2.05, 4.69) is 20.9 Å². The second-order valence-corrected chi connectivity index (χ2v) is 6.57. The van der Waals surface area contributed by atoms with Gasteiger partial charge in [-0.05, 0) is 40.8 Å². The fourth-order valence-electron chi connectivity index (χ4n) is 2.52. The summed E-state index contributed by atoms with van der Waals surface area (Å²) in [5, 5.41) is 0. The molecule has 0 spiro atoms. The highest BCUT2D eigenvalue weighted by Crippen LogP contribution is 2.23. The first-order valence-corrected chi connectivity index (χ1v) is 9.29. The third kappa shape index (κ3) is 6.30. The Hall–Kier alpha value is -1.63. The Morgan fingerprint density at radius 3 is 2.76 bits per heavy atom. The summed E-state index contributed by atoms with van der Waals surface area (Å²) >= 11 is 3.39. The lowest BCUT2D eigenvalue weighted by Crippen LogP contribution is -2.24. The van der Waals surface area contributed by atoms with Crippen LogP contribution in [0.15, 0.2) is 47.1 Å². The van der Waals surface area contributed by atoms with Gasteiger partial charge in [0.1, 0.15) is 23.6 Å². The quantitative estimate of drug-likeness (QED) is 0.480. The van der Waals surface area contributed by atoms with Crippen molar-refractivity contribution in [2.24, 2.45) is 0 Å². The number of rotatable bonds is 8. The molecule has 3 rings (SSSR count). The highest BCUT2D eigenvalue weighted by molar-refractivity contribution is 9.10. The standard InChI is InChI=1S/C19H22BrNO4/c20-17-12-16(25-14-15-6-2-1-3-7-15)13-18(21-17)22-10-11-24-19-8-4-5-9-23-19/h1-3,6-7,12-13,19H,4-5,8-11,14H2/t19-/m0/s1. The van der Waals surface area contributed by atoms with Crippen LogP contribution in [-0.4, -0.2) is 31.1 Å². The molecule has 1 aliphatic heterocycles. The molecule has 0 aliphatic carbocycles. The maximum atomic E-state index is 5.81. The Morgan fingerprint density at radius 2 is 1.96 bits per heavy atom. The minimum Gasteiger partial charge on any atom is -0.489 e. The highest BCUT2D eigenvalue weighted by atomic mass is 79.9. The molecule has 1 atom stereocenters. The predicted octanol–water partition coefficient (Wildman–Crippen LogP) is 4.35. The second kappa shape index (κ2) is 9.75. The van der Waals surface area contributed by atoms with Crippen molar-refractivity contribution in [3.63, 3.8) is 0 Å². The van der Waals surface area contributed by atoms with Gasteiger partial charge < -0.3 is 18.9 Å². The Bertz CT molecular complexity index is 647. The lowest BCUT2D eigenvalue weighted by molar-refractivity contribution is -0.165. The van der Waals surface area contributed by atoms with Crippen molar-refractivity contribution in [1.29, 1.82) is 0 Å². The Balaban J connectivity index is 1.45. The van der Waals surface area contributed by atoms with E-state index in [1.807, 2.05) is 36.4 Å². The molecule has 2 heterocycles. The zero-order valence-electron chi connectivity index (χ0n) is 14.0. The van der Waals surface area contributed by atoms with Gasteiger partial charge in [-0.3, -0.25) is 0 Å². The summed E-state index contributed by atoms with van der Waals surface area (Å²) < 4.78 is 23.3. The minimum atomic E-state index is -0.0995. The van der Waals surface area contributed by atoms with Crippen molar-refractivity contribution in [2.75, 3.05) is 19.8 Å². The number of aromatic nitrogens is 1. The SMILES string of the molecule is Brc1cc(OCc2ccccc2)cc(OCCO[C@H]2CCCCO2)n1. The van der Waals surface area contributed by atoms with Crippen molar-refractivity contribution in [3.8, 4) is 11.6 Å². The average molecular weight is 408 g/mol. The molecule has 0 bridgehead atoms. The summed E-state index contributed by atoms with van der Waals surface area (Å²) in [5.74, 6) is 1.21. The topological polar surface area (TPSA) is 49.8 Å². The van der Waals surface area contributed by atoms with Crippen LogP contribution in [0.3, 0.4) is 0 Å². The number of ether oxygens (including phenoxy) is 4. The molecule has 0 amide bonds. The lowest BCUT2D eigenvalue weighted by atomic mass is 10.2. The average Bonchev–Trinajstić information content (AvgIpc) is 2.65. The van der Waals surface area contributed by atoms with Crippen LogP contribution in [0.2, 0.25) is 0 Å². The van der Waals surface area contributed by atoms with E-state index < -0.39 is 0 Å². The molecule has 0 saturated carbocycles. The third-order valence-corrected chi connectivity index (χ3v) is 4.17. The molecule has 1 aromatic carbocycles. The molecule has 1 fully saturated rings. The van der Waals surface area contributed by atoms with Gasteiger partial charge in [0.15, 0.2) is 6.29 Å². The van der Waals surface area contributed by atoms with Crippen molar-refractivity contribution in [3.05, 3.63) is 52.6 Å². The minimum absolute atomic E-state index is 0.0995. The number of halogens is 1. The maximum Gasteiger partial charge on any atom is 0.218 e. The van der Waals surface area contributed by atoms with Crippen LogP contribution in [0.4, 0.5) is 0 Å². The van der Waals surface area contributed by atoms with Crippen LogP contribution in [-0.2, 0) is 16.1 Å². The highest BCUT2D eigenvalue weighted by Gasteiger charge is 2.13. The van der Waals surface area contributed by atoms with Gasteiger partial charge in [-0.25, -0.2) is 4.98 Å². The molecule has 6 heteroatoms. The van der Waals surface area contributed by atoms with Crippen LogP contribution in [0.1, 0.15) is 24.8 Å². The molecule has 1 saturated heterocycles. The van der Waals surface area contributed by atoms with Crippen molar-refractivity contribution >= 4 is 15.9 Å². The first-order valence-electron chi connectivity index (χ1n) is 8.50. The fourth-order valence-corrected chi connectivity index (χ4v) is 2.92. The number of hydrogen-bond acceptors (Lipinski definition) is 5. The fraction of sp³-hybridized carbons (Fsp3) is 0.421. The normalized spacial score (nSPS) is 17.2. The van der Waals surface area contributed by atoms with Crippen LogP contribution in [0, 0.1) is 0 Å². The van der Waals surface area contributed by atoms with Gasteiger partial charge in [0.05, 0.1) is 6.61 Å². The van der Waals surface area contributed by atoms with Gasteiger partial charge >= 0.3 is 0 Å². The predicted molar refractivity (Wildman–Crippen MR) is 97.7 cm³/mol. The van der Waals surface area contributed by atoms with Crippen molar-refractivity contribution < 1.29 is 18.9 Å². The van der Waals surface area contributed by atoms with Crippen LogP contribution >= 0.6 is 15.9 Å². The van der Waals surface area contributed by atoms with Crippen molar-refractivity contribution in [2.45, 2.75) is 32.2 Å². The van der Waals surface area contributed by atoms with Gasteiger partial charge in [-0.1, -0.05) is 30.3 Å². The Labute approximate surface area is 156 Å². The van der Waals surface area contributed by atoms with E-state index in [0.29, 0.717) is 36.1 Å². The first-order chi connectivity index (χ1) is 12.3. The van der Waals surface area contributed by atoms with E-state index in [4.69, 9.17) is 18.9 Å². The van der Waals surface area contributed by atoms with E-state index in [1.54, 1.807) is 6.07 Å². The van der Waals surface area contributed by atoms with Gasteiger partial charge in [-0.15, -0.1) is 0 Å². The number of pyridine rings is 1. The smallest absolute Gasteiger partial charge is 0.218 e. The number of benzene rings is 1. The number of nitrogens with zero attached hydrogens (tertiary/aromatic N) is 1. The van der Waals surface area contributed by atoms with E-state index in [1.165, 1.54) is 0 Å². The monoisotopic (exact) mass is 407 g/mol. The summed E-state index contributed by atoms with van der Waals surface area (Å²) in [7, 11) is 0. The molecule has 0 radical (unpaired) electrons.